The van der Waals surface area contributed by atoms with Crippen molar-refractivity contribution in [1.82, 2.24) is 0 Å². The zero-order valence-electron chi connectivity index (χ0n) is 7.79. The normalized spacial score (nSPS) is 14.4. The molecule has 0 spiro atoms. The first kappa shape index (κ1) is 9.21. The third-order valence-corrected chi connectivity index (χ3v) is 2.29. The van der Waals surface area contributed by atoms with E-state index in [0.29, 0.717) is 18.7 Å². The summed E-state index contributed by atoms with van der Waals surface area (Å²) in [6, 6.07) is 3.11. The SMILES string of the molecule is NC/C=C/c1c(F)ccc2c1CCO2. The van der Waals surface area contributed by atoms with E-state index in [0.717, 1.165) is 17.7 Å². The van der Waals surface area contributed by atoms with Crippen LogP contribution in [0.25, 0.3) is 6.08 Å². The highest BCUT2D eigenvalue weighted by atomic mass is 19.1. The molecule has 2 nitrogen and oxygen atoms in total. The van der Waals surface area contributed by atoms with E-state index in [4.69, 9.17) is 10.5 Å². The third kappa shape index (κ3) is 1.51. The molecule has 1 aliphatic heterocycles. The standard InChI is InChI=1S/C11H12FNO/c12-10-3-4-11-9(5-7-14-11)8(10)2-1-6-13/h1-4H,5-7,13H2/b2-1+. The van der Waals surface area contributed by atoms with Crippen molar-refractivity contribution in [3.05, 3.63) is 35.2 Å². The summed E-state index contributed by atoms with van der Waals surface area (Å²) in [5, 5.41) is 0. The van der Waals surface area contributed by atoms with Crippen LogP contribution in [0.4, 0.5) is 4.39 Å². The van der Waals surface area contributed by atoms with Gasteiger partial charge in [-0.05, 0) is 12.1 Å². The Morgan fingerprint density at radius 1 is 1.50 bits per heavy atom. The average molecular weight is 193 g/mol. The van der Waals surface area contributed by atoms with Crippen molar-refractivity contribution in [3.63, 3.8) is 0 Å². The summed E-state index contributed by atoms with van der Waals surface area (Å²) in [6.45, 7) is 1.06. The Bertz CT molecular complexity index is 374. The summed E-state index contributed by atoms with van der Waals surface area (Å²) in [5.74, 6) is 0.585. The molecule has 1 aromatic rings. The van der Waals surface area contributed by atoms with Crippen molar-refractivity contribution in [2.24, 2.45) is 5.73 Å². The molecule has 2 N–H and O–H groups in total. The minimum atomic E-state index is -0.209. The van der Waals surface area contributed by atoms with Crippen LogP contribution in [0.5, 0.6) is 5.75 Å². The molecule has 0 bridgehead atoms. The molecule has 0 saturated heterocycles. The first-order chi connectivity index (χ1) is 6.83. The molecule has 3 heteroatoms. The number of hydrogen-bond acceptors (Lipinski definition) is 2. The van der Waals surface area contributed by atoms with E-state index in [1.807, 2.05) is 0 Å². The minimum absolute atomic E-state index is 0.209. The Morgan fingerprint density at radius 2 is 2.36 bits per heavy atom. The molecule has 1 aromatic carbocycles. The molecule has 0 aromatic heterocycles. The van der Waals surface area contributed by atoms with Gasteiger partial charge in [0.15, 0.2) is 0 Å². The summed E-state index contributed by atoms with van der Waals surface area (Å²) >= 11 is 0. The Labute approximate surface area is 82.2 Å². The monoisotopic (exact) mass is 193 g/mol. The fourth-order valence-corrected chi connectivity index (χ4v) is 1.64. The van der Waals surface area contributed by atoms with Crippen LogP contribution in [0.3, 0.4) is 0 Å². The number of benzene rings is 1. The molecule has 1 aliphatic rings. The second-order valence-corrected chi connectivity index (χ2v) is 3.17. The number of rotatable bonds is 2. The zero-order chi connectivity index (χ0) is 9.97. The first-order valence-electron chi connectivity index (χ1n) is 4.63. The van der Waals surface area contributed by atoms with Crippen molar-refractivity contribution < 1.29 is 9.13 Å². The van der Waals surface area contributed by atoms with Gasteiger partial charge in [-0.25, -0.2) is 4.39 Å². The Hall–Kier alpha value is -1.35. The zero-order valence-corrected chi connectivity index (χ0v) is 7.79. The van der Waals surface area contributed by atoms with Gasteiger partial charge in [0.25, 0.3) is 0 Å². The maximum absolute atomic E-state index is 13.4. The lowest BCUT2D eigenvalue weighted by Crippen LogP contribution is -1.94. The molecule has 0 amide bonds. The molecular weight excluding hydrogens is 181 g/mol. The van der Waals surface area contributed by atoms with Crippen LogP contribution in [0, 0.1) is 5.82 Å². The van der Waals surface area contributed by atoms with E-state index in [1.165, 1.54) is 6.07 Å². The first-order valence-corrected chi connectivity index (χ1v) is 4.63. The van der Waals surface area contributed by atoms with Gasteiger partial charge >= 0.3 is 0 Å². The Kier molecular flexibility index (Phi) is 2.50. The maximum atomic E-state index is 13.4. The Morgan fingerprint density at radius 3 is 3.14 bits per heavy atom. The molecule has 1 heterocycles. The summed E-state index contributed by atoms with van der Waals surface area (Å²) in [6.07, 6.45) is 4.25. The van der Waals surface area contributed by atoms with Crippen molar-refractivity contribution in [3.8, 4) is 5.75 Å². The van der Waals surface area contributed by atoms with Crippen LogP contribution in [-0.2, 0) is 6.42 Å². The fraction of sp³-hybridized carbons (Fsp3) is 0.273. The van der Waals surface area contributed by atoms with Crippen LogP contribution in [0.15, 0.2) is 18.2 Å². The molecule has 2 rings (SSSR count). The predicted octanol–water partition coefficient (Wildman–Crippen LogP) is 1.73. The highest BCUT2D eigenvalue weighted by molar-refractivity contribution is 5.60. The maximum Gasteiger partial charge on any atom is 0.130 e. The van der Waals surface area contributed by atoms with Gasteiger partial charge in [-0.3, -0.25) is 0 Å². The van der Waals surface area contributed by atoms with E-state index in [9.17, 15) is 4.39 Å². The summed E-state index contributed by atoms with van der Waals surface area (Å²) in [4.78, 5) is 0. The van der Waals surface area contributed by atoms with Gasteiger partial charge in [-0.15, -0.1) is 0 Å². The van der Waals surface area contributed by atoms with E-state index in [1.54, 1.807) is 18.2 Å². The van der Waals surface area contributed by atoms with Crippen molar-refractivity contribution in [1.29, 1.82) is 0 Å². The van der Waals surface area contributed by atoms with Crippen molar-refractivity contribution in [2.45, 2.75) is 6.42 Å². The fourth-order valence-electron chi connectivity index (χ4n) is 1.64. The van der Waals surface area contributed by atoms with Gasteiger partial charge in [0.05, 0.1) is 6.61 Å². The smallest absolute Gasteiger partial charge is 0.130 e. The van der Waals surface area contributed by atoms with Gasteiger partial charge in [0.2, 0.25) is 0 Å². The second kappa shape index (κ2) is 3.80. The number of hydrogen-bond donors (Lipinski definition) is 1. The molecule has 0 fully saturated rings. The Balaban J connectivity index is 2.46. The molecular formula is C11H12FNO. The van der Waals surface area contributed by atoms with Crippen molar-refractivity contribution >= 4 is 6.08 Å². The largest absolute Gasteiger partial charge is 0.493 e. The van der Waals surface area contributed by atoms with Crippen LogP contribution in [0.2, 0.25) is 0 Å². The lowest BCUT2D eigenvalue weighted by molar-refractivity contribution is 0.356. The highest BCUT2D eigenvalue weighted by Gasteiger charge is 2.17. The van der Waals surface area contributed by atoms with Gasteiger partial charge < -0.3 is 10.5 Å². The second-order valence-electron chi connectivity index (χ2n) is 3.17. The molecule has 0 saturated carbocycles. The molecule has 0 atom stereocenters. The van der Waals surface area contributed by atoms with E-state index in [2.05, 4.69) is 0 Å². The lowest BCUT2D eigenvalue weighted by atomic mass is 10.0. The molecule has 0 radical (unpaired) electrons. The third-order valence-electron chi connectivity index (χ3n) is 2.29. The van der Waals surface area contributed by atoms with Crippen LogP contribution < -0.4 is 10.5 Å². The molecule has 0 aliphatic carbocycles. The number of halogens is 1. The van der Waals surface area contributed by atoms with Crippen molar-refractivity contribution in [2.75, 3.05) is 13.2 Å². The average Bonchev–Trinajstić information content (AvgIpc) is 2.64. The van der Waals surface area contributed by atoms with Gasteiger partial charge in [-0.1, -0.05) is 12.2 Å². The van der Waals surface area contributed by atoms with Gasteiger partial charge in [0, 0.05) is 24.1 Å². The summed E-state index contributed by atoms with van der Waals surface area (Å²) < 4.78 is 18.8. The lowest BCUT2D eigenvalue weighted by Gasteiger charge is -2.03. The van der Waals surface area contributed by atoms with Gasteiger partial charge in [0.1, 0.15) is 11.6 Å². The van der Waals surface area contributed by atoms with E-state index in [-0.39, 0.29) is 5.82 Å². The molecule has 0 unspecified atom stereocenters. The van der Waals surface area contributed by atoms with E-state index < -0.39 is 0 Å². The summed E-state index contributed by atoms with van der Waals surface area (Å²) in [7, 11) is 0. The van der Waals surface area contributed by atoms with Crippen LogP contribution in [-0.4, -0.2) is 13.2 Å². The van der Waals surface area contributed by atoms with E-state index >= 15 is 0 Å². The minimum Gasteiger partial charge on any atom is -0.493 e. The highest BCUT2D eigenvalue weighted by Crippen LogP contribution is 2.30. The van der Waals surface area contributed by atoms with Gasteiger partial charge in [-0.2, -0.15) is 0 Å². The number of fused-ring (bicyclic) bond motifs is 1. The molecule has 14 heavy (non-hydrogen) atoms. The quantitative estimate of drug-likeness (QED) is 0.776. The number of ether oxygens (including phenoxy) is 1. The predicted molar refractivity (Wildman–Crippen MR) is 53.7 cm³/mol. The molecule has 74 valence electrons. The number of nitrogens with two attached hydrogens (primary N) is 1. The van der Waals surface area contributed by atoms with Crippen LogP contribution >= 0.6 is 0 Å². The topological polar surface area (TPSA) is 35.2 Å². The van der Waals surface area contributed by atoms with Crippen LogP contribution in [0.1, 0.15) is 11.1 Å². The summed E-state index contributed by atoms with van der Waals surface area (Å²) in [5.41, 5.74) is 6.90.